The van der Waals surface area contributed by atoms with Crippen LogP contribution in [0.25, 0.3) is 11.3 Å². The number of ether oxygens (including phenoxy) is 1. The smallest absolute Gasteiger partial charge is 0.165 e. The molecule has 0 radical (unpaired) electrons. The van der Waals surface area contributed by atoms with Gasteiger partial charge in [-0.3, -0.25) is 9.78 Å². The van der Waals surface area contributed by atoms with Crippen molar-refractivity contribution < 1.29 is 13.9 Å². The number of carbonyl (C=O) groups is 1. The van der Waals surface area contributed by atoms with Crippen LogP contribution in [0.5, 0.6) is 5.75 Å². The number of carbonyl (C=O) groups excluding carboxylic acids is 1. The highest BCUT2D eigenvalue weighted by molar-refractivity contribution is 5.75. The Labute approximate surface area is 155 Å². The molecule has 0 aliphatic heterocycles. The van der Waals surface area contributed by atoms with E-state index in [-0.39, 0.29) is 11.6 Å². The molecule has 0 spiro atoms. The number of hydrogen-bond acceptors (Lipinski definition) is 3. The highest BCUT2D eigenvalue weighted by Crippen LogP contribution is 2.24. The fourth-order valence-corrected chi connectivity index (χ4v) is 2.84. The summed E-state index contributed by atoms with van der Waals surface area (Å²) < 4.78 is 19.8. The predicted molar refractivity (Wildman–Crippen MR) is 103 cm³/mol. The average molecular weight is 357 g/mol. The molecule has 3 nitrogen and oxygen atoms in total. The summed E-state index contributed by atoms with van der Waals surface area (Å²) in [4.78, 5) is 14.8. The van der Waals surface area contributed by atoms with Crippen molar-refractivity contribution in [1.29, 1.82) is 0 Å². The first kappa shape index (κ1) is 20.1. The Kier molecular flexibility index (Phi) is 8.81. The maximum atomic E-state index is 14.2. The molecule has 26 heavy (non-hydrogen) atoms. The molecule has 0 amide bonds. The van der Waals surface area contributed by atoms with Gasteiger partial charge in [0.05, 0.1) is 12.3 Å². The van der Waals surface area contributed by atoms with Crippen molar-refractivity contribution in [1.82, 2.24) is 4.98 Å². The zero-order valence-corrected chi connectivity index (χ0v) is 15.5. The second-order valence-corrected chi connectivity index (χ2v) is 6.56. The van der Waals surface area contributed by atoms with Crippen LogP contribution in [-0.2, 0) is 0 Å². The summed E-state index contributed by atoms with van der Waals surface area (Å²) in [6, 6.07) is 8.23. The minimum Gasteiger partial charge on any atom is -0.491 e. The van der Waals surface area contributed by atoms with Gasteiger partial charge < -0.3 is 4.74 Å². The Balaban J connectivity index is 1.74. The van der Waals surface area contributed by atoms with E-state index in [9.17, 15) is 9.18 Å². The first-order valence-corrected chi connectivity index (χ1v) is 9.58. The minimum atomic E-state index is -0.386. The van der Waals surface area contributed by atoms with Crippen molar-refractivity contribution >= 4 is 6.29 Å². The number of nitrogens with zero attached hydrogens (tertiary/aromatic N) is 1. The van der Waals surface area contributed by atoms with Crippen LogP contribution >= 0.6 is 0 Å². The van der Waals surface area contributed by atoms with Gasteiger partial charge in [0.15, 0.2) is 17.9 Å². The lowest BCUT2D eigenvalue weighted by molar-refractivity contribution is 0.112. The van der Waals surface area contributed by atoms with E-state index in [4.69, 9.17) is 4.74 Å². The molecule has 0 saturated carbocycles. The number of aromatic nitrogens is 1. The molecule has 0 atom stereocenters. The van der Waals surface area contributed by atoms with Crippen molar-refractivity contribution in [3.63, 3.8) is 0 Å². The lowest BCUT2D eigenvalue weighted by Crippen LogP contribution is -1.99. The standard InChI is InChI=1S/C22H28FNO2/c1-2-3-4-5-6-7-8-9-14-26-22-13-11-19(15-20(22)23)21-12-10-18(17-25)16-24-21/h10-13,15-17H,2-9,14H2,1H3. The molecule has 4 heteroatoms. The van der Waals surface area contributed by atoms with Crippen molar-refractivity contribution in [2.24, 2.45) is 0 Å². The molecule has 140 valence electrons. The number of benzene rings is 1. The fourth-order valence-electron chi connectivity index (χ4n) is 2.84. The molecule has 0 saturated heterocycles. The van der Waals surface area contributed by atoms with Gasteiger partial charge in [0, 0.05) is 17.3 Å². The van der Waals surface area contributed by atoms with Gasteiger partial charge in [-0.1, -0.05) is 51.9 Å². The average Bonchev–Trinajstić information content (AvgIpc) is 2.68. The molecule has 0 aliphatic rings. The van der Waals surface area contributed by atoms with E-state index in [0.29, 0.717) is 23.4 Å². The van der Waals surface area contributed by atoms with Gasteiger partial charge in [0.25, 0.3) is 0 Å². The normalized spacial score (nSPS) is 10.7. The lowest BCUT2D eigenvalue weighted by Gasteiger charge is -2.09. The van der Waals surface area contributed by atoms with E-state index in [0.717, 1.165) is 19.1 Å². The Bertz CT molecular complexity index is 670. The molecular formula is C22H28FNO2. The second-order valence-electron chi connectivity index (χ2n) is 6.56. The van der Waals surface area contributed by atoms with E-state index >= 15 is 0 Å². The third kappa shape index (κ3) is 6.58. The van der Waals surface area contributed by atoms with Crippen LogP contribution < -0.4 is 4.74 Å². The summed E-state index contributed by atoms with van der Waals surface area (Å²) in [5, 5.41) is 0. The van der Waals surface area contributed by atoms with Gasteiger partial charge in [-0.05, 0) is 36.8 Å². The summed E-state index contributed by atoms with van der Waals surface area (Å²) in [6.45, 7) is 2.76. The molecule has 2 rings (SSSR count). The van der Waals surface area contributed by atoms with Gasteiger partial charge in [-0.25, -0.2) is 4.39 Å². The van der Waals surface area contributed by atoms with Crippen molar-refractivity contribution in [2.75, 3.05) is 6.61 Å². The van der Waals surface area contributed by atoms with Crippen LogP contribution in [0.1, 0.15) is 68.6 Å². The molecule has 1 aromatic carbocycles. The van der Waals surface area contributed by atoms with Crippen LogP contribution in [0.15, 0.2) is 36.5 Å². The highest BCUT2D eigenvalue weighted by Gasteiger charge is 2.07. The zero-order valence-electron chi connectivity index (χ0n) is 15.5. The Hall–Kier alpha value is -2.23. The van der Waals surface area contributed by atoms with Gasteiger partial charge in [0.1, 0.15) is 0 Å². The SMILES string of the molecule is CCCCCCCCCCOc1ccc(-c2ccc(C=O)cn2)cc1F. The molecule has 2 aromatic rings. The molecule has 0 unspecified atom stereocenters. The summed E-state index contributed by atoms with van der Waals surface area (Å²) in [5.41, 5.74) is 1.79. The van der Waals surface area contributed by atoms with Crippen LogP contribution in [0.2, 0.25) is 0 Å². The van der Waals surface area contributed by atoms with Gasteiger partial charge in [0.2, 0.25) is 0 Å². The highest BCUT2D eigenvalue weighted by atomic mass is 19.1. The Morgan fingerprint density at radius 3 is 2.35 bits per heavy atom. The minimum absolute atomic E-state index is 0.279. The number of rotatable bonds is 12. The summed E-state index contributed by atoms with van der Waals surface area (Å²) in [7, 11) is 0. The lowest BCUT2D eigenvalue weighted by atomic mass is 10.1. The van der Waals surface area contributed by atoms with Crippen molar-refractivity contribution in [2.45, 2.75) is 58.3 Å². The van der Waals surface area contributed by atoms with Crippen LogP contribution in [0.4, 0.5) is 4.39 Å². The van der Waals surface area contributed by atoms with Crippen LogP contribution in [0.3, 0.4) is 0 Å². The molecule has 0 aliphatic carbocycles. The summed E-state index contributed by atoms with van der Waals surface area (Å²) in [5.74, 6) is -0.107. The van der Waals surface area contributed by atoms with E-state index < -0.39 is 0 Å². The van der Waals surface area contributed by atoms with Crippen molar-refractivity contribution in [3.05, 3.63) is 47.9 Å². The molecular weight excluding hydrogens is 329 g/mol. The van der Waals surface area contributed by atoms with E-state index in [1.807, 2.05) is 0 Å². The number of hydrogen-bond donors (Lipinski definition) is 0. The Morgan fingerprint density at radius 1 is 1.00 bits per heavy atom. The molecule has 0 bridgehead atoms. The topological polar surface area (TPSA) is 39.2 Å². The maximum Gasteiger partial charge on any atom is 0.165 e. The fraction of sp³-hybridized carbons (Fsp3) is 0.455. The van der Waals surface area contributed by atoms with Gasteiger partial charge in [-0.2, -0.15) is 0 Å². The quantitative estimate of drug-likeness (QED) is 0.334. The number of halogens is 1. The third-order valence-corrected chi connectivity index (χ3v) is 4.41. The van der Waals surface area contributed by atoms with Crippen molar-refractivity contribution in [3.8, 4) is 17.0 Å². The molecule has 0 fully saturated rings. The summed E-state index contributed by atoms with van der Waals surface area (Å²) in [6.07, 6.45) is 12.0. The van der Waals surface area contributed by atoms with Crippen LogP contribution in [0, 0.1) is 5.82 Å². The third-order valence-electron chi connectivity index (χ3n) is 4.41. The second kappa shape index (κ2) is 11.4. The largest absolute Gasteiger partial charge is 0.491 e. The molecule has 1 aromatic heterocycles. The number of aldehydes is 1. The molecule has 1 heterocycles. The molecule has 0 N–H and O–H groups in total. The predicted octanol–water partition coefficient (Wildman–Crippen LogP) is 6.22. The number of unbranched alkanes of at least 4 members (excludes halogenated alkanes) is 7. The number of pyridine rings is 1. The summed E-state index contributed by atoms with van der Waals surface area (Å²) >= 11 is 0. The first-order chi connectivity index (χ1) is 12.7. The van der Waals surface area contributed by atoms with Crippen LogP contribution in [-0.4, -0.2) is 17.9 Å². The van der Waals surface area contributed by atoms with E-state index in [1.54, 1.807) is 24.3 Å². The Morgan fingerprint density at radius 2 is 1.73 bits per heavy atom. The first-order valence-electron chi connectivity index (χ1n) is 9.58. The van der Waals surface area contributed by atoms with E-state index in [1.165, 1.54) is 50.8 Å². The van der Waals surface area contributed by atoms with E-state index in [2.05, 4.69) is 11.9 Å². The maximum absolute atomic E-state index is 14.2. The zero-order chi connectivity index (χ0) is 18.6. The van der Waals surface area contributed by atoms with Gasteiger partial charge in [-0.15, -0.1) is 0 Å². The monoisotopic (exact) mass is 357 g/mol. The van der Waals surface area contributed by atoms with Gasteiger partial charge >= 0.3 is 0 Å².